The Morgan fingerprint density at radius 1 is 1.27 bits per heavy atom. The molecule has 22 heavy (non-hydrogen) atoms. The van der Waals surface area contributed by atoms with E-state index in [9.17, 15) is 13.2 Å². The maximum absolute atomic E-state index is 12.3. The summed E-state index contributed by atoms with van der Waals surface area (Å²) in [6.45, 7) is 6.91. The molecule has 0 aromatic carbocycles. The van der Waals surface area contributed by atoms with Crippen LogP contribution in [0.5, 0.6) is 0 Å². The first-order chi connectivity index (χ1) is 10.2. The molecule has 0 aromatic heterocycles. The summed E-state index contributed by atoms with van der Waals surface area (Å²) in [4.78, 5) is 14.0. The van der Waals surface area contributed by atoms with E-state index < -0.39 is 10.0 Å². The first kappa shape index (κ1) is 17.5. The first-order valence-electron chi connectivity index (χ1n) is 8.16. The quantitative estimate of drug-likeness (QED) is 0.747. The minimum Gasteiger partial charge on any atom is -0.446 e. The van der Waals surface area contributed by atoms with Gasteiger partial charge in [0.2, 0.25) is 10.0 Å². The molecule has 0 aromatic rings. The number of carbonyl (C=O) groups is 1. The Morgan fingerprint density at radius 2 is 1.91 bits per heavy atom. The van der Waals surface area contributed by atoms with E-state index in [1.54, 1.807) is 11.9 Å². The number of rotatable bonds is 6. The molecule has 1 aliphatic carbocycles. The molecule has 0 radical (unpaired) electrons. The molecule has 2 atom stereocenters. The number of hydrogen-bond acceptors (Lipinski definition) is 4. The summed E-state index contributed by atoms with van der Waals surface area (Å²) in [5, 5.41) is -0.208. The van der Waals surface area contributed by atoms with Crippen molar-refractivity contribution >= 4 is 16.1 Å². The van der Waals surface area contributed by atoms with Crippen molar-refractivity contribution in [3.63, 3.8) is 0 Å². The molecule has 7 heteroatoms. The van der Waals surface area contributed by atoms with Gasteiger partial charge in [-0.15, -0.1) is 0 Å². The van der Waals surface area contributed by atoms with Gasteiger partial charge < -0.3 is 9.64 Å². The van der Waals surface area contributed by atoms with Gasteiger partial charge in [0.25, 0.3) is 0 Å². The van der Waals surface area contributed by atoms with Crippen LogP contribution in [0.25, 0.3) is 0 Å². The molecule has 0 N–H and O–H groups in total. The van der Waals surface area contributed by atoms with Crippen LogP contribution >= 0.6 is 0 Å². The zero-order valence-corrected chi connectivity index (χ0v) is 14.8. The number of ether oxygens (including phenoxy) is 1. The van der Waals surface area contributed by atoms with Gasteiger partial charge in [-0.1, -0.05) is 13.8 Å². The fourth-order valence-electron chi connectivity index (χ4n) is 2.65. The van der Waals surface area contributed by atoms with E-state index in [0.29, 0.717) is 13.1 Å². The summed E-state index contributed by atoms with van der Waals surface area (Å²) in [6, 6.07) is -0.0783. The minimum absolute atomic E-state index is 0.0783. The van der Waals surface area contributed by atoms with E-state index in [1.165, 1.54) is 4.31 Å². The largest absolute Gasteiger partial charge is 0.446 e. The highest BCUT2D eigenvalue weighted by atomic mass is 32.2. The van der Waals surface area contributed by atoms with Gasteiger partial charge in [-0.05, 0) is 38.5 Å². The minimum atomic E-state index is -3.18. The van der Waals surface area contributed by atoms with Crippen LogP contribution in [-0.2, 0) is 14.8 Å². The highest BCUT2D eigenvalue weighted by Crippen LogP contribution is 2.31. The number of sulfonamides is 1. The van der Waals surface area contributed by atoms with Crippen LogP contribution in [0.2, 0.25) is 0 Å². The molecule has 1 aliphatic heterocycles. The maximum atomic E-state index is 12.3. The monoisotopic (exact) mass is 332 g/mol. The molecule has 6 nitrogen and oxygen atoms in total. The Labute approximate surface area is 133 Å². The topological polar surface area (TPSA) is 66.9 Å². The Hall–Kier alpha value is -0.820. The van der Waals surface area contributed by atoms with Crippen molar-refractivity contribution in [3.05, 3.63) is 0 Å². The van der Waals surface area contributed by atoms with Crippen LogP contribution in [0.15, 0.2) is 0 Å². The molecule has 1 amide bonds. The fourth-order valence-corrected chi connectivity index (χ4v) is 4.27. The lowest BCUT2D eigenvalue weighted by molar-refractivity contribution is 0.0466. The molecule has 1 unspecified atom stereocenters. The van der Waals surface area contributed by atoms with Crippen molar-refractivity contribution in [2.75, 3.05) is 20.1 Å². The first-order valence-corrected chi connectivity index (χ1v) is 9.66. The van der Waals surface area contributed by atoms with Crippen molar-refractivity contribution in [2.45, 2.75) is 63.9 Å². The summed E-state index contributed by atoms with van der Waals surface area (Å²) in [6.07, 6.45) is 2.79. The number of likely N-dealkylation sites (N-methyl/N-ethyl adjacent to an activating group) is 1. The fraction of sp³-hybridized carbons (Fsp3) is 0.933. The van der Waals surface area contributed by atoms with Crippen molar-refractivity contribution < 1.29 is 17.9 Å². The standard InChI is InChI=1S/C15H28N2O4S/c1-11(2)12(3)21-15(18)17-9-5-6-13(17)10-16(4)22(19,20)14-7-8-14/h11-14H,5-10H2,1-4H3/t12?,13-/m0/s1. The van der Waals surface area contributed by atoms with E-state index in [1.807, 2.05) is 20.8 Å². The smallest absolute Gasteiger partial charge is 0.410 e. The molecule has 1 saturated heterocycles. The Bertz CT molecular complexity index is 502. The summed E-state index contributed by atoms with van der Waals surface area (Å²) in [5.41, 5.74) is 0. The molecule has 0 spiro atoms. The van der Waals surface area contributed by atoms with Gasteiger partial charge in [-0.3, -0.25) is 0 Å². The molecule has 2 rings (SSSR count). The van der Waals surface area contributed by atoms with Crippen LogP contribution in [0, 0.1) is 5.92 Å². The summed E-state index contributed by atoms with van der Waals surface area (Å²) in [5.74, 6) is 0.267. The van der Waals surface area contributed by atoms with Crippen molar-refractivity contribution in [1.29, 1.82) is 0 Å². The second-order valence-corrected chi connectivity index (χ2v) is 9.17. The van der Waals surface area contributed by atoms with Gasteiger partial charge in [0.1, 0.15) is 6.10 Å². The molecule has 1 heterocycles. The third kappa shape index (κ3) is 3.93. The van der Waals surface area contributed by atoms with Crippen LogP contribution in [0.4, 0.5) is 4.79 Å². The van der Waals surface area contributed by atoms with E-state index in [4.69, 9.17) is 4.74 Å². The summed E-state index contributed by atoms with van der Waals surface area (Å²) >= 11 is 0. The van der Waals surface area contributed by atoms with Crippen LogP contribution < -0.4 is 0 Å². The third-order valence-electron chi connectivity index (χ3n) is 4.69. The SMILES string of the molecule is CC(C)C(C)OC(=O)N1CCC[C@H]1CN(C)S(=O)(=O)C1CC1. The lowest BCUT2D eigenvalue weighted by Crippen LogP contribution is -2.45. The number of likely N-dealkylation sites (tertiary alicyclic amines) is 1. The lowest BCUT2D eigenvalue weighted by Gasteiger charge is -2.29. The highest BCUT2D eigenvalue weighted by Gasteiger charge is 2.41. The molecule has 128 valence electrons. The van der Waals surface area contributed by atoms with E-state index >= 15 is 0 Å². The second-order valence-electron chi connectivity index (χ2n) is 6.85. The van der Waals surface area contributed by atoms with Gasteiger partial charge >= 0.3 is 6.09 Å². The number of hydrogen-bond donors (Lipinski definition) is 0. The van der Waals surface area contributed by atoms with Gasteiger partial charge in [0.05, 0.1) is 5.25 Å². The molecule has 2 aliphatic rings. The Kier molecular flexibility index (Phi) is 5.37. The zero-order chi connectivity index (χ0) is 16.5. The van der Waals surface area contributed by atoms with Crippen molar-refractivity contribution in [3.8, 4) is 0 Å². The van der Waals surface area contributed by atoms with Crippen LogP contribution in [0.1, 0.15) is 46.5 Å². The average molecular weight is 332 g/mol. The van der Waals surface area contributed by atoms with Gasteiger partial charge in [0.15, 0.2) is 0 Å². The summed E-state index contributed by atoms with van der Waals surface area (Å²) < 4.78 is 31.3. The van der Waals surface area contributed by atoms with E-state index in [2.05, 4.69) is 0 Å². The van der Waals surface area contributed by atoms with E-state index in [0.717, 1.165) is 25.7 Å². The normalized spacial score (nSPS) is 24.1. The second kappa shape index (κ2) is 6.74. The molecule has 2 fully saturated rings. The van der Waals surface area contributed by atoms with Crippen LogP contribution in [-0.4, -0.2) is 61.2 Å². The average Bonchev–Trinajstić information content (AvgIpc) is 3.20. The number of carbonyl (C=O) groups excluding carboxylic acids is 1. The summed E-state index contributed by atoms with van der Waals surface area (Å²) in [7, 11) is -1.57. The highest BCUT2D eigenvalue weighted by molar-refractivity contribution is 7.90. The van der Waals surface area contributed by atoms with Gasteiger partial charge in [-0.25, -0.2) is 17.5 Å². The Morgan fingerprint density at radius 3 is 2.45 bits per heavy atom. The third-order valence-corrected chi connectivity index (χ3v) is 7.02. The van der Waals surface area contributed by atoms with E-state index in [-0.39, 0.29) is 29.4 Å². The predicted octanol–water partition coefficient (Wildman–Crippen LogP) is 2.06. The van der Waals surface area contributed by atoms with Crippen molar-refractivity contribution in [2.24, 2.45) is 5.92 Å². The van der Waals surface area contributed by atoms with Gasteiger partial charge in [-0.2, -0.15) is 0 Å². The zero-order valence-electron chi connectivity index (χ0n) is 14.0. The lowest BCUT2D eigenvalue weighted by atomic mass is 10.1. The number of nitrogens with zero attached hydrogens (tertiary/aromatic N) is 2. The molecular weight excluding hydrogens is 304 g/mol. The van der Waals surface area contributed by atoms with Crippen LogP contribution in [0.3, 0.4) is 0 Å². The Balaban J connectivity index is 1.94. The molecule has 0 bridgehead atoms. The van der Waals surface area contributed by atoms with Gasteiger partial charge in [0, 0.05) is 26.2 Å². The molecular formula is C15H28N2O4S. The van der Waals surface area contributed by atoms with Crippen molar-refractivity contribution in [1.82, 2.24) is 9.21 Å². The number of amides is 1. The maximum Gasteiger partial charge on any atom is 0.410 e. The predicted molar refractivity (Wildman–Crippen MR) is 85.1 cm³/mol. The molecule has 1 saturated carbocycles.